The molecule has 5 heteroatoms. The third kappa shape index (κ3) is 2.49. The average Bonchev–Trinajstić information content (AvgIpc) is 2.36. The van der Waals surface area contributed by atoms with Gasteiger partial charge in [-0.25, -0.2) is 0 Å². The number of fused-ring (bicyclic) bond motifs is 1. The van der Waals surface area contributed by atoms with E-state index < -0.39 is 5.78 Å². The Labute approximate surface area is 116 Å². The fourth-order valence-electron chi connectivity index (χ4n) is 1.92. The van der Waals surface area contributed by atoms with Gasteiger partial charge in [-0.15, -0.1) is 0 Å². The van der Waals surface area contributed by atoms with Gasteiger partial charge in [-0.2, -0.15) is 0 Å². The standard InChI is InChI=1S/C14H13ClO4/c1-3-18-8-5-9-11(16)7-10(15)14(17)13(9)12(6-8)19-4-2/h5-7H,3-4H2,1-2H3. The Balaban J connectivity index is 2.62. The molecule has 1 aliphatic rings. The summed E-state index contributed by atoms with van der Waals surface area (Å²) in [4.78, 5) is 24.0. The van der Waals surface area contributed by atoms with E-state index in [1.165, 1.54) is 0 Å². The molecule has 0 heterocycles. The number of ketones is 2. The van der Waals surface area contributed by atoms with E-state index in [1.54, 1.807) is 19.1 Å². The van der Waals surface area contributed by atoms with E-state index in [1.807, 2.05) is 6.92 Å². The maximum atomic E-state index is 12.1. The quantitative estimate of drug-likeness (QED) is 0.851. The minimum atomic E-state index is -0.400. The second-order valence-electron chi connectivity index (χ2n) is 3.90. The Morgan fingerprint density at radius 1 is 1.11 bits per heavy atom. The van der Waals surface area contributed by atoms with Crippen molar-refractivity contribution in [1.82, 2.24) is 0 Å². The molecule has 0 fully saturated rings. The first kappa shape index (κ1) is 13.6. The molecule has 0 aliphatic heterocycles. The molecule has 0 N–H and O–H groups in total. The summed E-state index contributed by atoms with van der Waals surface area (Å²) in [6.07, 6.45) is 1.12. The van der Waals surface area contributed by atoms with Gasteiger partial charge >= 0.3 is 0 Å². The monoisotopic (exact) mass is 280 g/mol. The molecule has 0 bridgehead atoms. The molecule has 0 saturated heterocycles. The largest absolute Gasteiger partial charge is 0.494 e. The predicted octanol–water partition coefficient (Wildman–Crippen LogP) is 2.99. The molecule has 0 saturated carbocycles. The van der Waals surface area contributed by atoms with Crippen LogP contribution in [0.5, 0.6) is 11.5 Å². The Morgan fingerprint density at radius 3 is 2.42 bits per heavy atom. The summed E-state index contributed by atoms with van der Waals surface area (Å²) >= 11 is 5.77. The molecule has 1 aliphatic carbocycles. The number of Topliss-reactive ketones (excluding diaryl/α,β-unsaturated/α-hetero) is 1. The van der Waals surface area contributed by atoms with Crippen molar-refractivity contribution in [3.8, 4) is 11.5 Å². The van der Waals surface area contributed by atoms with Crippen LogP contribution < -0.4 is 9.47 Å². The third-order valence-electron chi connectivity index (χ3n) is 2.65. The number of benzene rings is 1. The van der Waals surface area contributed by atoms with Gasteiger partial charge in [0.2, 0.25) is 5.78 Å². The van der Waals surface area contributed by atoms with Crippen molar-refractivity contribution < 1.29 is 19.1 Å². The Kier molecular flexibility index (Phi) is 3.90. The molecular weight excluding hydrogens is 268 g/mol. The number of hydrogen-bond acceptors (Lipinski definition) is 4. The van der Waals surface area contributed by atoms with Gasteiger partial charge in [0.15, 0.2) is 5.78 Å². The zero-order valence-corrected chi connectivity index (χ0v) is 11.4. The van der Waals surface area contributed by atoms with Crippen LogP contribution in [0.15, 0.2) is 23.2 Å². The molecule has 0 unspecified atom stereocenters. The van der Waals surface area contributed by atoms with Gasteiger partial charge in [-0.05, 0) is 19.9 Å². The molecule has 0 amide bonds. The molecule has 2 rings (SSSR count). The van der Waals surface area contributed by atoms with Crippen LogP contribution in [-0.4, -0.2) is 24.8 Å². The fourth-order valence-corrected chi connectivity index (χ4v) is 2.11. The highest BCUT2D eigenvalue weighted by Gasteiger charge is 2.29. The number of ether oxygens (including phenoxy) is 2. The molecule has 1 aromatic carbocycles. The number of carbonyl (C=O) groups is 2. The van der Waals surface area contributed by atoms with Crippen LogP contribution >= 0.6 is 11.6 Å². The smallest absolute Gasteiger partial charge is 0.208 e. The van der Waals surface area contributed by atoms with Crippen LogP contribution in [0.4, 0.5) is 0 Å². The summed E-state index contributed by atoms with van der Waals surface area (Å²) in [5.74, 6) is 0.107. The SMILES string of the molecule is CCOc1cc(OCC)c2c(c1)C(=O)C=C(Cl)C2=O. The van der Waals surface area contributed by atoms with Gasteiger partial charge in [0.05, 0.1) is 23.8 Å². The van der Waals surface area contributed by atoms with Crippen molar-refractivity contribution in [3.63, 3.8) is 0 Å². The highest BCUT2D eigenvalue weighted by molar-refractivity contribution is 6.49. The molecule has 0 spiro atoms. The predicted molar refractivity (Wildman–Crippen MR) is 71.4 cm³/mol. The van der Waals surface area contributed by atoms with Crippen molar-refractivity contribution in [2.45, 2.75) is 13.8 Å². The lowest BCUT2D eigenvalue weighted by Crippen LogP contribution is -2.16. The van der Waals surface area contributed by atoms with Gasteiger partial charge in [0.1, 0.15) is 11.5 Å². The van der Waals surface area contributed by atoms with Gasteiger partial charge in [0.25, 0.3) is 0 Å². The van der Waals surface area contributed by atoms with Crippen molar-refractivity contribution in [3.05, 3.63) is 34.4 Å². The second kappa shape index (κ2) is 5.45. The molecule has 1 aromatic rings. The number of carbonyl (C=O) groups excluding carboxylic acids is 2. The Hall–Kier alpha value is -1.81. The van der Waals surface area contributed by atoms with E-state index in [0.717, 1.165) is 6.08 Å². The summed E-state index contributed by atoms with van der Waals surface area (Å²) in [6.45, 7) is 4.48. The lowest BCUT2D eigenvalue weighted by molar-refractivity contribution is 0.0986. The highest BCUT2D eigenvalue weighted by Crippen LogP contribution is 2.35. The highest BCUT2D eigenvalue weighted by atomic mass is 35.5. The number of rotatable bonds is 4. The van der Waals surface area contributed by atoms with Gasteiger partial charge in [-0.1, -0.05) is 11.6 Å². The normalized spacial score (nSPS) is 13.9. The number of hydrogen-bond donors (Lipinski definition) is 0. The average molecular weight is 281 g/mol. The van der Waals surface area contributed by atoms with Crippen molar-refractivity contribution in [1.29, 1.82) is 0 Å². The van der Waals surface area contributed by atoms with Crippen molar-refractivity contribution in [2.75, 3.05) is 13.2 Å². The fraction of sp³-hybridized carbons (Fsp3) is 0.286. The third-order valence-corrected chi connectivity index (χ3v) is 2.93. The summed E-state index contributed by atoms with van der Waals surface area (Å²) in [5, 5.41) is -0.0948. The lowest BCUT2D eigenvalue weighted by Gasteiger charge is -2.17. The second-order valence-corrected chi connectivity index (χ2v) is 4.30. The maximum Gasteiger partial charge on any atom is 0.208 e. The maximum absolute atomic E-state index is 12.1. The molecule has 100 valence electrons. The van der Waals surface area contributed by atoms with Crippen LogP contribution in [-0.2, 0) is 0 Å². The minimum Gasteiger partial charge on any atom is -0.494 e. The van der Waals surface area contributed by atoms with Gasteiger partial charge in [-0.3, -0.25) is 9.59 Å². The number of halogens is 1. The summed E-state index contributed by atoms with van der Waals surface area (Å²) in [6, 6.07) is 3.15. The topological polar surface area (TPSA) is 52.6 Å². The van der Waals surface area contributed by atoms with Gasteiger partial charge < -0.3 is 9.47 Å². The first-order valence-corrected chi connectivity index (χ1v) is 6.36. The van der Waals surface area contributed by atoms with Crippen LogP contribution in [0.25, 0.3) is 0 Å². The van der Waals surface area contributed by atoms with Crippen LogP contribution in [0, 0.1) is 0 Å². The molecule has 4 nitrogen and oxygen atoms in total. The first-order chi connectivity index (χ1) is 9.08. The van der Waals surface area contributed by atoms with E-state index in [2.05, 4.69) is 0 Å². The van der Waals surface area contributed by atoms with Crippen molar-refractivity contribution >= 4 is 23.2 Å². The Morgan fingerprint density at radius 2 is 1.79 bits per heavy atom. The van der Waals surface area contributed by atoms with E-state index in [-0.39, 0.29) is 21.9 Å². The van der Waals surface area contributed by atoms with Crippen LogP contribution in [0.1, 0.15) is 34.6 Å². The van der Waals surface area contributed by atoms with Gasteiger partial charge in [0, 0.05) is 17.7 Å². The van der Waals surface area contributed by atoms with Crippen LogP contribution in [0.3, 0.4) is 0 Å². The minimum absolute atomic E-state index is 0.0948. The number of allylic oxidation sites excluding steroid dienone is 2. The lowest BCUT2D eigenvalue weighted by atomic mass is 9.93. The molecule has 0 radical (unpaired) electrons. The summed E-state index contributed by atoms with van der Waals surface area (Å²) in [7, 11) is 0. The summed E-state index contributed by atoms with van der Waals surface area (Å²) < 4.78 is 10.8. The van der Waals surface area contributed by atoms with E-state index in [4.69, 9.17) is 21.1 Å². The van der Waals surface area contributed by atoms with E-state index in [0.29, 0.717) is 24.7 Å². The molecule has 0 atom stereocenters. The van der Waals surface area contributed by atoms with E-state index in [9.17, 15) is 9.59 Å². The van der Waals surface area contributed by atoms with Crippen molar-refractivity contribution in [2.24, 2.45) is 0 Å². The Bertz CT molecular complexity index is 575. The first-order valence-electron chi connectivity index (χ1n) is 5.98. The molecular formula is C14H13ClO4. The molecule has 19 heavy (non-hydrogen) atoms. The zero-order valence-electron chi connectivity index (χ0n) is 10.7. The summed E-state index contributed by atoms with van der Waals surface area (Å²) in [5.41, 5.74) is 0.478. The zero-order chi connectivity index (χ0) is 14.0. The molecule has 0 aromatic heterocycles. The van der Waals surface area contributed by atoms with Crippen LogP contribution in [0.2, 0.25) is 0 Å². The van der Waals surface area contributed by atoms with E-state index >= 15 is 0 Å².